The molecule has 4 nitrogen and oxygen atoms in total. The molecule has 0 heterocycles. The van der Waals surface area contributed by atoms with Crippen molar-refractivity contribution in [2.24, 2.45) is 11.7 Å². The molecule has 0 aliphatic heterocycles. The van der Waals surface area contributed by atoms with Gasteiger partial charge in [-0.25, -0.2) is 12.7 Å². The van der Waals surface area contributed by atoms with E-state index in [0.29, 0.717) is 18.0 Å². The van der Waals surface area contributed by atoms with E-state index in [9.17, 15) is 8.42 Å². The molecule has 0 aliphatic rings. The average Bonchev–Trinajstić information content (AvgIpc) is 2.35. The van der Waals surface area contributed by atoms with Crippen LogP contribution in [0.15, 0.2) is 29.2 Å². The number of thiocarbonyl (C=S) groups is 1. The summed E-state index contributed by atoms with van der Waals surface area (Å²) >= 11 is 4.84. The number of sulfonamides is 1. The average molecular weight is 300 g/mol. The zero-order valence-electron chi connectivity index (χ0n) is 11.5. The maximum absolute atomic E-state index is 12.3. The van der Waals surface area contributed by atoms with Gasteiger partial charge in [-0.3, -0.25) is 0 Å². The van der Waals surface area contributed by atoms with Crippen LogP contribution in [0.3, 0.4) is 0 Å². The van der Waals surface area contributed by atoms with Crippen molar-refractivity contribution in [3.63, 3.8) is 0 Å². The van der Waals surface area contributed by atoms with Crippen molar-refractivity contribution in [1.82, 2.24) is 4.31 Å². The predicted octanol–water partition coefficient (Wildman–Crippen LogP) is 1.99. The second kappa shape index (κ2) is 6.45. The Kier molecular flexibility index (Phi) is 5.46. The van der Waals surface area contributed by atoms with E-state index in [1.807, 2.05) is 0 Å². The molecule has 0 saturated carbocycles. The molecule has 1 aromatic carbocycles. The fraction of sp³-hybridized carbons (Fsp3) is 0.462. The lowest BCUT2D eigenvalue weighted by Crippen LogP contribution is -2.28. The van der Waals surface area contributed by atoms with Crippen molar-refractivity contribution >= 4 is 27.2 Å². The molecule has 2 N–H and O–H groups in total. The number of nitrogens with two attached hydrogens (primary N) is 1. The lowest BCUT2D eigenvalue weighted by Gasteiger charge is -2.18. The molecule has 1 aromatic rings. The van der Waals surface area contributed by atoms with Gasteiger partial charge in [0.15, 0.2) is 0 Å². The van der Waals surface area contributed by atoms with Crippen molar-refractivity contribution < 1.29 is 8.42 Å². The van der Waals surface area contributed by atoms with Gasteiger partial charge in [-0.2, -0.15) is 0 Å². The number of rotatable bonds is 6. The lowest BCUT2D eigenvalue weighted by molar-refractivity contribution is 0.428. The van der Waals surface area contributed by atoms with Gasteiger partial charge in [0.1, 0.15) is 4.99 Å². The fourth-order valence-electron chi connectivity index (χ4n) is 1.53. The Morgan fingerprint density at radius 3 is 2.26 bits per heavy atom. The Hall–Kier alpha value is -0.980. The summed E-state index contributed by atoms with van der Waals surface area (Å²) in [5.41, 5.74) is 6.15. The van der Waals surface area contributed by atoms with Crippen LogP contribution in [0, 0.1) is 5.92 Å². The van der Waals surface area contributed by atoms with E-state index in [2.05, 4.69) is 13.8 Å². The van der Waals surface area contributed by atoms with E-state index < -0.39 is 10.0 Å². The molecule has 0 unspecified atom stereocenters. The molecular weight excluding hydrogens is 280 g/mol. The van der Waals surface area contributed by atoms with Gasteiger partial charge in [0.05, 0.1) is 4.90 Å². The van der Waals surface area contributed by atoms with E-state index in [0.717, 1.165) is 6.42 Å². The molecule has 0 atom stereocenters. The molecule has 0 radical (unpaired) electrons. The Bertz CT molecular complexity index is 536. The Morgan fingerprint density at radius 2 is 1.84 bits per heavy atom. The van der Waals surface area contributed by atoms with Crippen molar-refractivity contribution in [3.05, 3.63) is 29.8 Å². The first kappa shape index (κ1) is 16.1. The maximum atomic E-state index is 12.3. The lowest BCUT2D eigenvalue weighted by atomic mass is 10.1. The van der Waals surface area contributed by atoms with Crippen LogP contribution in [-0.2, 0) is 10.0 Å². The molecule has 0 aromatic heterocycles. The van der Waals surface area contributed by atoms with E-state index in [-0.39, 0.29) is 9.88 Å². The molecule has 0 saturated heterocycles. The fourth-order valence-corrected chi connectivity index (χ4v) is 2.85. The molecule has 19 heavy (non-hydrogen) atoms. The molecule has 0 fully saturated rings. The quantitative estimate of drug-likeness (QED) is 0.816. The summed E-state index contributed by atoms with van der Waals surface area (Å²) < 4.78 is 26.0. The minimum absolute atomic E-state index is 0.261. The molecule has 6 heteroatoms. The molecule has 0 aliphatic carbocycles. The predicted molar refractivity (Wildman–Crippen MR) is 81.6 cm³/mol. The van der Waals surface area contributed by atoms with Crippen LogP contribution in [0.1, 0.15) is 25.8 Å². The number of benzene rings is 1. The van der Waals surface area contributed by atoms with Gasteiger partial charge < -0.3 is 5.73 Å². The van der Waals surface area contributed by atoms with Crippen LogP contribution in [0.25, 0.3) is 0 Å². The molecule has 106 valence electrons. The highest BCUT2D eigenvalue weighted by Gasteiger charge is 2.20. The Morgan fingerprint density at radius 1 is 1.32 bits per heavy atom. The largest absolute Gasteiger partial charge is 0.389 e. The van der Waals surface area contributed by atoms with Gasteiger partial charge in [-0.1, -0.05) is 38.2 Å². The summed E-state index contributed by atoms with van der Waals surface area (Å²) in [4.78, 5) is 0.524. The van der Waals surface area contributed by atoms with Gasteiger partial charge in [0.2, 0.25) is 10.0 Å². The maximum Gasteiger partial charge on any atom is 0.242 e. The zero-order chi connectivity index (χ0) is 14.6. The van der Waals surface area contributed by atoms with Crippen LogP contribution < -0.4 is 5.73 Å². The Balaban J connectivity index is 2.90. The highest BCUT2D eigenvalue weighted by atomic mass is 32.2. The van der Waals surface area contributed by atoms with E-state index in [1.54, 1.807) is 19.2 Å². The van der Waals surface area contributed by atoms with Crippen LogP contribution >= 0.6 is 12.2 Å². The summed E-state index contributed by atoms with van der Waals surface area (Å²) in [6.07, 6.45) is 0.834. The summed E-state index contributed by atoms with van der Waals surface area (Å²) in [5.74, 6) is 0.467. The minimum Gasteiger partial charge on any atom is -0.389 e. The second-order valence-electron chi connectivity index (χ2n) is 4.90. The molecular formula is C13H20N2O2S2. The summed E-state index contributed by atoms with van der Waals surface area (Å²) in [6.45, 7) is 4.64. The van der Waals surface area contributed by atoms with Gasteiger partial charge >= 0.3 is 0 Å². The smallest absolute Gasteiger partial charge is 0.242 e. The van der Waals surface area contributed by atoms with Crippen molar-refractivity contribution in [1.29, 1.82) is 0 Å². The first-order valence-electron chi connectivity index (χ1n) is 6.11. The first-order valence-corrected chi connectivity index (χ1v) is 7.96. The van der Waals surface area contributed by atoms with Crippen LogP contribution in [0.2, 0.25) is 0 Å². The third kappa shape index (κ3) is 4.26. The minimum atomic E-state index is -3.43. The summed E-state index contributed by atoms with van der Waals surface area (Å²) in [6, 6.07) is 6.34. The second-order valence-corrected chi connectivity index (χ2v) is 7.38. The monoisotopic (exact) mass is 300 g/mol. The van der Waals surface area contributed by atoms with Crippen LogP contribution in [0.4, 0.5) is 0 Å². The normalized spacial score (nSPS) is 12.1. The standard InChI is InChI=1S/C13H20N2O2S2/c1-10(2)8-9-15(3)19(16,17)12-6-4-11(5-7-12)13(14)18/h4-7,10H,8-9H2,1-3H3,(H2,14,18). The SMILES string of the molecule is CC(C)CCN(C)S(=O)(=O)c1ccc(C(N)=S)cc1. The highest BCUT2D eigenvalue weighted by Crippen LogP contribution is 2.16. The first-order chi connectivity index (χ1) is 8.75. The third-order valence-electron chi connectivity index (χ3n) is 2.87. The van der Waals surface area contributed by atoms with E-state index >= 15 is 0 Å². The number of hydrogen-bond acceptors (Lipinski definition) is 3. The molecule has 0 spiro atoms. The van der Waals surface area contributed by atoms with Crippen LogP contribution in [-0.4, -0.2) is 31.3 Å². The topological polar surface area (TPSA) is 63.4 Å². The molecule has 0 bridgehead atoms. The van der Waals surface area contributed by atoms with E-state index in [1.165, 1.54) is 16.4 Å². The summed E-state index contributed by atoms with van der Waals surface area (Å²) in [7, 11) is -1.83. The van der Waals surface area contributed by atoms with Crippen molar-refractivity contribution in [2.75, 3.05) is 13.6 Å². The molecule has 0 amide bonds. The third-order valence-corrected chi connectivity index (χ3v) is 4.98. The van der Waals surface area contributed by atoms with Gasteiger partial charge in [-0.15, -0.1) is 0 Å². The molecule has 1 rings (SSSR count). The highest BCUT2D eigenvalue weighted by molar-refractivity contribution is 7.89. The van der Waals surface area contributed by atoms with Gasteiger partial charge in [-0.05, 0) is 24.5 Å². The Labute approximate surface area is 120 Å². The van der Waals surface area contributed by atoms with Crippen molar-refractivity contribution in [2.45, 2.75) is 25.2 Å². The van der Waals surface area contributed by atoms with E-state index in [4.69, 9.17) is 18.0 Å². The zero-order valence-corrected chi connectivity index (χ0v) is 13.1. The van der Waals surface area contributed by atoms with Crippen LogP contribution in [0.5, 0.6) is 0 Å². The van der Waals surface area contributed by atoms with Crippen molar-refractivity contribution in [3.8, 4) is 0 Å². The number of hydrogen-bond donors (Lipinski definition) is 1. The number of nitrogens with zero attached hydrogens (tertiary/aromatic N) is 1. The summed E-state index contributed by atoms with van der Waals surface area (Å²) in [5, 5.41) is 0. The van der Waals surface area contributed by atoms with Gasteiger partial charge in [0, 0.05) is 19.2 Å². The van der Waals surface area contributed by atoms with Gasteiger partial charge in [0.25, 0.3) is 0 Å².